The molecule has 0 atom stereocenters. The van der Waals surface area contributed by atoms with Gasteiger partial charge in [-0.2, -0.15) is 0 Å². The van der Waals surface area contributed by atoms with Gasteiger partial charge in [0.15, 0.2) is 5.82 Å². The molecule has 1 fully saturated rings. The molecule has 0 saturated carbocycles. The van der Waals surface area contributed by atoms with Gasteiger partial charge in [0, 0.05) is 17.6 Å². The van der Waals surface area contributed by atoms with E-state index >= 15 is 0 Å². The van der Waals surface area contributed by atoms with Crippen molar-refractivity contribution in [2.75, 3.05) is 37.7 Å². The molecule has 2 aliphatic heterocycles. The summed E-state index contributed by atoms with van der Waals surface area (Å²) in [5.74, 6) is 0.542. The van der Waals surface area contributed by atoms with Gasteiger partial charge in [-0.3, -0.25) is 4.79 Å². The molecule has 164 valence electrons. The lowest BCUT2D eigenvalue weighted by Crippen LogP contribution is -2.38. The number of esters is 1. The van der Waals surface area contributed by atoms with Crippen molar-refractivity contribution in [1.29, 1.82) is 0 Å². The van der Waals surface area contributed by atoms with Crippen molar-refractivity contribution in [1.82, 2.24) is 9.88 Å². The minimum Gasteiger partial charge on any atom is -0.466 e. The van der Waals surface area contributed by atoms with E-state index in [-0.39, 0.29) is 11.9 Å². The number of hydrogen-bond donors (Lipinski definition) is 0. The van der Waals surface area contributed by atoms with Gasteiger partial charge in [0.25, 0.3) is 0 Å². The fourth-order valence-corrected chi connectivity index (χ4v) is 4.97. The van der Waals surface area contributed by atoms with E-state index in [1.165, 1.54) is 0 Å². The third-order valence-corrected chi connectivity index (χ3v) is 6.63. The summed E-state index contributed by atoms with van der Waals surface area (Å²) in [5.41, 5.74) is 0.796. The van der Waals surface area contributed by atoms with Crippen LogP contribution in [0.4, 0.5) is 16.3 Å². The molecule has 2 aromatic rings. The maximum Gasteiger partial charge on any atom is 0.420 e. The topological polar surface area (TPSA) is 72.0 Å². The molecule has 1 aromatic heterocycles. The van der Waals surface area contributed by atoms with Crippen LogP contribution < -0.4 is 4.90 Å². The predicted molar refractivity (Wildman–Crippen MR) is 119 cm³/mol. The van der Waals surface area contributed by atoms with Crippen molar-refractivity contribution < 1.29 is 19.1 Å². The Bertz CT molecular complexity index is 885. The molecule has 0 spiro atoms. The van der Waals surface area contributed by atoms with Crippen LogP contribution >= 0.6 is 11.8 Å². The summed E-state index contributed by atoms with van der Waals surface area (Å²) >= 11 is 1.60. The number of nitrogens with zero attached hydrogens (tertiary/aromatic N) is 3. The number of para-hydroxylation sites is 1. The maximum absolute atomic E-state index is 12.9. The van der Waals surface area contributed by atoms with Crippen molar-refractivity contribution >= 4 is 35.3 Å². The number of carbonyl (C=O) groups is 2. The quantitative estimate of drug-likeness (QED) is 0.483. The highest BCUT2D eigenvalue weighted by molar-refractivity contribution is 7.99. The number of piperidine rings is 1. The predicted octanol–water partition coefficient (Wildman–Crippen LogP) is 4.49. The summed E-state index contributed by atoms with van der Waals surface area (Å²) in [6.07, 6.45) is 3.67. The molecule has 4 rings (SSSR count). The van der Waals surface area contributed by atoms with Gasteiger partial charge < -0.3 is 14.4 Å². The van der Waals surface area contributed by atoms with Crippen molar-refractivity contribution in [2.24, 2.45) is 5.92 Å². The van der Waals surface area contributed by atoms with Gasteiger partial charge in [-0.05, 0) is 63.5 Å². The molecule has 31 heavy (non-hydrogen) atoms. The van der Waals surface area contributed by atoms with E-state index in [2.05, 4.69) is 9.88 Å². The Balaban J connectivity index is 1.28. The van der Waals surface area contributed by atoms with Gasteiger partial charge >= 0.3 is 12.1 Å². The number of aromatic nitrogens is 1. The molecule has 1 saturated heterocycles. The molecule has 0 aliphatic carbocycles. The molecular weight excluding hydrogens is 414 g/mol. The van der Waals surface area contributed by atoms with Crippen molar-refractivity contribution in [3.8, 4) is 0 Å². The van der Waals surface area contributed by atoms with E-state index in [9.17, 15) is 9.59 Å². The van der Waals surface area contributed by atoms with E-state index < -0.39 is 6.09 Å². The normalized spacial score (nSPS) is 16.4. The van der Waals surface area contributed by atoms with Gasteiger partial charge in [0.05, 0.1) is 29.7 Å². The molecule has 0 unspecified atom stereocenters. The van der Waals surface area contributed by atoms with Gasteiger partial charge in [0.2, 0.25) is 0 Å². The summed E-state index contributed by atoms with van der Waals surface area (Å²) in [5, 5.41) is 0. The molecule has 0 bridgehead atoms. The van der Waals surface area contributed by atoms with E-state index in [0.29, 0.717) is 19.0 Å². The first-order valence-corrected chi connectivity index (χ1v) is 11.6. The minimum absolute atomic E-state index is 0.0126. The minimum atomic E-state index is -0.409. The molecule has 8 heteroatoms. The lowest BCUT2D eigenvalue weighted by molar-refractivity contribution is -0.149. The fourth-order valence-electron chi connectivity index (χ4n) is 3.94. The van der Waals surface area contributed by atoms with Gasteiger partial charge in [0.1, 0.15) is 0 Å². The molecule has 1 aromatic carbocycles. The second-order valence-corrected chi connectivity index (χ2v) is 8.65. The molecule has 1 amide bonds. The van der Waals surface area contributed by atoms with E-state index in [1.54, 1.807) is 22.9 Å². The zero-order chi connectivity index (χ0) is 21.6. The summed E-state index contributed by atoms with van der Waals surface area (Å²) in [7, 11) is 0. The Morgan fingerprint density at radius 3 is 2.68 bits per heavy atom. The number of likely N-dealkylation sites (tertiary alicyclic amines) is 1. The zero-order valence-corrected chi connectivity index (χ0v) is 18.5. The molecule has 7 nitrogen and oxygen atoms in total. The van der Waals surface area contributed by atoms with Crippen LogP contribution in [0.1, 0.15) is 26.2 Å². The van der Waals surface area contributed by atoms with Crippen molar-refractivity contribution in [3.63, 3.8) is 0 Å². The zero-order valence-electron chi connectivity index (χ0n) is 17.7. The van der Waals surface area contributed by atoms with E-state index in [4.69, 9.17) is 9.47 Å². The Morgan fingerprint density at radius 1 is 1.10 bits per heavy atom. The first kappa shape index (κ1) is 21.6. The second-order valence-electron chi connectivity index (χ2n) is 7.57. The van der Waals surface area contributed by atoms with Crippen LogP contribution in [0, 0.1) is 5.92 Å². The first-order valence-electron chi connectivity index (χ1n) is 10.7. The number of anilines is 2. The number of amides is 1. The van der Waals surface area contributed by atoms with Crippen LogP contribution in [0.2, 0.25) is 0 Å². The average Bonchev–Trinajstić information content (AvgIpc) is 2.80. The summed E-state index contributed by atoms with van der Waals surface area (Å²) in [6.45, 7) is 5.18. The van der Waals surface area contributed by atoms with Gasteiger partial charge in [-0.1, -0.05) is 23.9 Å². The highest BCUT2D eigenvalue weighted by Gasteiger charge is 2.30. The van der Waals surface area contributed by atoms with Crippen LogP contribution in [0.15, 0.2) is 52.4 Å². The number of benzene rings is 1. The van der Waals surface area contributed by atoms with E-state index in [0.717, 1.165) is 54.4 Å². The van der Waals surface area contributed by atoms with Crippen LogP contribution in [-0.4, -0.2) is 54.8 Å². The summed E-state index contributed by atoms with van der Waals surface area (Å²) < 4.78 is 10.7. The average molecular weight is 442 g/mol. The van der Waals surface area contributed by atoms with Crippen LogP contribution in [0.25, 0.3) is 0 Å². The highest BCUT2D eigenvalue weighted by atomic mass is 32.2. The van der Waals surface area contributed by atoms with Crippen LogP contribution in [0.5, 0.6) is 0 Å². The molecule has 0 radical (unpaired) electrons. The first-order chi connectivity index (χ1) is 15.2. The lowest BCUT2D eigenvalue weighted by atomic mass is 9.97. The number of fused-ring (bicyclic) bond motifs is 2. The molecule has 3 heterocycles. The Labute approximate surface area is 186 Å². The molecular formula is C23H27N3O4S. The molecule has 0 N–H and O–H groups in total. The Hall–Kier alpha value is -2.58. The van der Waals surface area contributed by atoms with Gasteiger partial charge in [-0.25, -0.2) is 14.7 Å². The smallest absolute Gasteiger partial charge is 0.420 e. The number of pyridine rings is 1. The number of ether oxygens (including phenoxy) is 2. The number of carbonyl (C=O) groups excluding carboxylic acids is 2. The third kappa shape index (κ3) is 5.02. The second kappa shape index (κ2) is 10.2. The standard InChI is InChI=1S/C23H27N3O4S/c1-2-29-22(27)17-10-14-25(15-11-17)13-6-16-30-23(28)26-18-7-3-4-8-19(18)31-20-9-5-12-24-21(20)26/h3-5,7-9,12,17H,2,6,10-11,13-16H2,1H3. The van der Waals surface area contributed by atoms with Crippen molar-refractivity contribution in [2.45, 2.75) is 36.0 Å². The lowest BCUT2D eigenvalue weighted by Gasteiger charge is -2.31. The highest BCUT2D eigenvalue weighted by Crippen LogP contribution is 2.47. The van der Waals surface area contributed by atoms with Crippen molar-refractivity contribution in [3.05, 3.63) is 42.6 Å². The monoisotopic (exact) mass is 441 g/mol. The number of hydrogen-bond acceptors (Lipinski definition) is 7. The van der Waals surface area contributed by atoms with Gasteiger partial charge in [-0.15, -0.1) is 0 Å². The fraction of sp³-hybridized carbons (Fsp3) is 0.435. The molecule has 2 aliphatic rings. The van der Waals surface area contributed by atoms with Crippen LogP contribution in [-0.2, 0) is 14.3 Å². The SMILES string of the molecule is CCOC(=O)C1CCN(CCCOC(=O)N2c3ccccc3Sc3cccnc32)CC1. The summed E-state index contributed by atoms with van der Waals surface area (Å²) in [6, 6.07) is 11.6. The summed E-state index contributed by atoms with van der Waals surface area (Å²) in [4.78, 5) is 35.0. The van der Waals surface area contributed by atoms with E-state index in [1.807, 2.05) is 43.3 Å². The Morgan fingerprint density at radius 2 is 1.87 bits per heavy atom. The largest absolute Gasteiger partial charge is 0.466 e. The maximum atomic E-state index is 12.9. The van der Waals surface area contributed by atoms with Crippen LogP contribution in [0.3, 0.4) is 0 Å². The Kier molecular flexibility index (Phi) is 7.09. The number of rotatable bonds is 6. The third-order valence-electron chi connectivity index (χ3n) is 5.52.